The molecule has 1 aliphatic rings. The number of alkyl halides is 3. The van der Waals surface area contributed by atoms with Crippen molar-refractivity contribution < 1.29 is 30.7 Å². The second kappa shape index (κ2) is 6.68. The molecule has 1 saturated heterocycles. The van der Waals surface area contributed by atoms with Gasteiger partial charge in [-0.3, -0.25) is 0 Å². The maximum Gasteiger partial charge on any atom is 0.422 e. The Hall–Kier alpha value is -2.07. The van der Waals surface area contributed by atoms with Crippen molar-refractivity contribution in [2.75, 3.05) is 13.2 Å². The van der Waals surface area contributed by atoms with Gasteiger partial charge in [0.05, 0.1) is 18.5 Å². The predicted molar refractivity (Wildman–Crippen MR) is 80.4 cm³/mol. The van der Waals surface area contributed by atoms with Gasteiger partial charge < -0.3 is 9.15 Å². The first-order valence-corrected chi connectivity index (χ1v) is 8.92. The third-order valence-corrected chi connectivity index (χ3v) is 5.67. The fourth-order valence-corrected chi connectivity index (χ4v) is 4.30. The number of aromatic nitrogens is 1. The Kier molecular flexibility index (Phi) is 4.74. The Morgan fingerprint density at radius 2 is 2.12 bits per heavy atom. The monoisotopic (exact) mass is 376 g/mol. The van der Waals surface area contributed by atoms with E-state index in [1.807, 2.05) is 0 Å². The van der Waals surface area contributed by atoms with Crippen molar-refractivity contribution in [2.45, 2.75) is 30.0 Å². The summed E-state index contributed by atoms with van der Waals surface area (Å²) in [5.41, 5.74) is 0. The minimum Gasteiger partial charge on any atom is -0.468 e. The van der Waals surface area contributed by atoms with Gasteiger partial charge in [0.2, 0.25) is 15.9 Å². The van der Waals surface area contributed by atoms with Crippen molar-refractivity contribution in [2.24, 2.45) is 0 Å². The minimum atomic E-state index is -4.49. The number of rotatable bonds is 5. The Morgan fingerprint density at radius 3 is 2.72 bits per heavy atom. The zero-order valence-corrected chi connectivity index (χ0v) is 13.8. The van der Waals surface area contributed by atoms with Crippen molar-refractivity contribution in [3.8, 4) is 5.88 Å². The standard InChI is InChI=1S/C15H15F3N2O4S/c16-15(17,18)10-24-14-6-5-11(9-19-14)25(21,22)20-7-1-3-12(20)13-4-2-8-23-13/h2,4-6,8-9,12H,1,3,7,10H2/t12-/m1/s1. The van der Waals surface area contributed by atoms with Crippen LogP contribution < -0.4 is 4.74 Å². The number of ether oxygens (including phenoxy) is 1. The van der Waals surface area contributed by atoms with Crippen molar-refractivity contribution in [3.05, 3.63) is 42.5 Å². The first-order valence-electron chi connectivity index (χ1n) is 7.48. The van der Waals surface area contributed by atoms with E-state index in [1.54, 1.807) is 12.1 Å². The minimum absolute atomic E-state index is 0.106. The number of halogens is 3. The summed E-state index contributed by atoms with van der Waals surface area (Å²) in [6.07, 6.45) is -0.693. The molecule has 1 fully saturated rings. The molecular weight excluding hydrogens is 361 g/mol. The Labute approximate surface area is 142 Å². The highest BCUT2D eigenvalue weighted by molar-refractivity contribution is 7.89. The van der Waals surface area contributed by atoms with Crippen LogP contribution >= 0.6 is 0 Å². The van der Waals surface area contributed by atoms with E-state index in [9.17, 15) is 21.6 Å². The Balaban J connectivity index is 1.78. The quantitative estimate of drug-likeness (QED) is 0.802. The summed E-state index contributed by atoms with van der Waals surface area (Å²) < 4.78 is 73.1. The Bertz CT molecular complexity index is 804. The highest BCUT2D eigenvalue weighted by Crippen LogP contribution is 2.36. The van der Waals surface area contributed by atoms with Gasteiger partial charge in [0.15, 0.2) is 6.61 Å². The van der Waals surface area contributed by atoms with E-state index in [1.165, 1.54) is 16.6 Å². The van der Waals surface area contributed by atoms with Crippen LogP contribution in [-0.2, 0) is 10.0 Å². The van der Waals surface area contributed by atoms with Crippen LogP contribution in [0.4, 0.5) is 13.2 Å². The SMILES string of the molecule is O=S(=O)(c1ccc(OCC(F)(F)F)nc1)N1CCC[C@@H]1c1ccco1. The average Bonchev–Trinajstić information content (AvgIpc) is 3.23. The van der Waals surface area contributed by atoms with Gasteiger partial charge in [-0.2, -0.15) is 17.5 Å². The van der Waals surface area contributed by atoms with Crippen molar-refractivity contribution >= 4 is 10.0 Å². The van der Waals surface area contributed by atoms with E-state index in [0.717, 1.165) is 12.3 Å². The lowest BCUT2D eigenvalue weighted by molar-refractivity contribution is -0.154. The van der Waals surface area contributed by atoms with E-state index in [-0.39, 0.29) is 10.8 Å². The molecule has 25 heavy (non-hydrogen) atoms. The number of pyridine rings is 1. The van der Waals surface area contributed by atoms with E-state index in [0.29, 0.717) is 25.1 Å². The molecule has 0 spiro atoms. The third kappa shape index (κ3) is 3.96. The molecule has 0 bridgehead atoms. The summed E-state index contributed by atoms with van der Waals surface area (Å²) in [6, 6.07) is 5.29. The first kappa shape index (κ1) is 17.7. The van der Waals surface area contributed by atoms with Crippen LogP contribution in [0.15, 0.2) is 46.0 Å². The fourth-order valence-electron chi connectivity index (χ4n) is 2.69. The van der Waals surface area contributed by atoms with E-state index >= 15 is 0 Å². The van der Waals surface area contributed by atoms with Crippen LogP contribution in [0.25, 0.3) is 0 Å². The van der Waals surface area contributed by atoms with Gasteiger partial charge in [0.1, 0.15) is 10.7 Å². The zero-order valence-electron chi connectivity index (χ0n) is 12.9. The molecule has 0 N–H and O–H groups in total. The molecule has 6 nitrogen and oxygen atoms in total. The molecule has 0 saturated carbocycles. The number of nitrogens with zero attached hydrogens (tertiary/aromatic N) is 2. The molecule has 0 unspecified atom stereocenters. The molecule has 0 aliphatic carbocycles. The van der Waals surface area contributed by atoms with Gasteiger partial charge in [0, 0.05) is 12.6 Å². The van der Waals surface area contributed by atoms with Gasteiger partial charge in [-0.25, -0.2) is 13.4 Å². The molecule has 1 aliphatic heterocycles. The summed E-state index contributed by atoms with van der Waals surface area (Å²) in [6.45, 7) is -1.15. The average molecular weight is 376 g/mol. The molecule has 10 heteroatoms. The fraction of sp³-hybridized carbons (Fsp3) is 0.400. The molecule has 1 atom stereocenters. The third-order valence-electron chi connectivity index (χ3n) is 3.77. The summed E-state index contributed by atoms with van der Waals surface area (Å²) in [4.78, 5) is 3.55. The van der Waals surface area contributed by atoms with Crippen LogP contribution in [0.5, 0.6) is 5.88 Å². The number of furan rings is 1. The molecule has 0 radical (unpaired) electrons. The molecule has 2 aromatic heterocycles. The van der Waals surface area contributed by atoms with Crippen LogP contribution in [0.3, 0.4) is 0 Å². The van der Waals surface area contributed by atoms with Crippen LogP contribution in [0.2, 0.25) is 0 Å². The van der Waals surface area contributed by atoms with Gasteiger partial charge in [-0.15, -0.1) is 0 Å². The Morgan fingerprint density at radius 1 is 1.32 bits per heavy atom. The lowest BCUT2D eigenvalue weighted by Gasteiger charge is -2.22. The largest absolute Gasteiger partial charge is 0.468 e. The number of hydrogen-bond acceptors (Lipinski definition) is 5. The molecule has 2 aromatic rings. The lowest BCUT2D eigenvalue weighted by atomic mass is 10.2. The van der Waals surface area contributed by atoms with Gasteiger partial charge >= 0.3 is 6.18 Å². The normalized spacial score (nSPS) is 19.2. The second-order valence-electron chi connectivity index (χ2n) is 5.53. The molecule has 0 aromatic carbocycles. The molecular formula is C15H15F3N2O4S. The van der Waals surface area contributed by atoms with E-state index < -0.39 is 28.8 Å². The molecule has 3 rings (SSSR count). The predicted octanol–water partition coefficient (Wildman–Crippen LogP) is 3.14. The van der Waals surface area contributed by atoms with Crippen molar-refractivity contribution in [1.82, 2.24) is 9.29 Å². The van der Waals surface area contributed by atoms with Crippen LogP contribution in [0.1, 0.15) is 24.6 Å². The van der Waals surface area contributed by atoms with Crippen LogP contribution in [0, 0.1) is 0 Å². The van der Waals surface area contributed by atoms with Crippen molar-refractivity contribution in [3.63, 3.8) is 0 Å². The first-order chi connectivity index (χ1) is 11.8. The van der Waals surface area contributed by atoms with Gasteiger partial charge in [-0.1, -0.05) is 0 Å². The lowest BCUT2D eigenvalue weighted by Crippen LogP contribution is -2.30. The number of hydrogen-bond donors (Lipinski definition) is 0. The number of sulfonamides is 1. The molecule has 0 amide bonds. The van der Waals surface area contributed by atoms with Gasteiger partial charge in [-0.05, 0) is 31.0 Å². The summed E-state index contributed by atoms with van der Waals surface area (Å²) in [7, 11) is -3.84. The van der Waals surface area contributed by atoms with Crippen LogP contribution in [-0.4, -0.2) is 37.0 Å². The highest BCUT2D eigenvalue weighted by atomic mass is 32.2. The maximum absolute atomic E-state index is 12.8. The summed E-state index contributed by atoms with van der Waals surface area (Å²) in [5, 5.41) is 0. The topological polar surface area (TPSA) is 72.6 Å². The van der Waals surface area contributed by atoms with Crippen molar-refractivity contribution in [1.29, 1.82) is 0 Å². The summed E-state index contributed by atoms with van der Waals surface area (Å²) >= 11 is 0. The smallest absolute Gasteiger partial charge is 0.422 e. The molecule has 3 heterocycles. The maximum atomic E-state index is 12.8. The second-order valence-corrected chi connectivity index (χ2v) is 7.42. The van der Waals surface area contributed by atoms with E-state index in [2.05, 4.69) is 9.72 Å². The zero-order chi connectivity index (χ0) is 18.1. The summed E-state index contributed by atoms with van der Waals surface area (Å²) in [5.74, 6) is 0.263. The van der Waals surface area contributed by atoms with Gasteiger partial charge in [0.25, 0.3) is 0 Å². The van der Waals surface area contributed by atoms with E-state index in [4.69, 9.17) is 4.42 Å². The highest BCUT2D eigenvalue weighted by Gasteiger charge is 2.37. The molecule has 136 valence electrons.